The van der Waals surface area contributed by atoms with E-state index in [1.165, 1.54) is 18.3 Å². The zero-order valence-electron chi connectivity index (χ0n) is 7.46. The molecule has 76 valence electrons. The molecule has 0 aliphatic heterocycles. The van der Waals surface area contributed by atoms with Crippen LogP contribution >= 0.6 is 0 Å². The maximum absolute atomic E-state index is 12.9. The van der Waals surface area contributed by atoms with Crippen molar-refractivity contribution >= 4 is 11.8 Å². The molecule has 0 spiro atoms. The molecule has 0 aromatic carbocycles. The van der Waals surface area contributed by atoms with Gasteiger partial charge in [-0.2, -0.15) is 0 Å². The molecule has 0 aliphatic carbocycles. The summed E-state index contributed by atoms with van der Waals surface area (Å²) < 4.78 is 12.9. The van der Waals surface area contributed by atoms with Gasteiger partial charge in [0.2, 0.25) is 0 Å². The molecule has 4 N–H and O–H groups in total. The highest BCUT2D eigenvalue weighted by Gasteiger charge is 1.99. The fourth-order valence-electron chi connectivity index (χ4n) is 0.882. The first-order chi connectivity index (χ1) is 6.70. The first-order valence-corrected chi connectivity index (χ1v) is 4.08. The number of nitrogens with zero attached hydrogens (tertiary/aromatic N) is 1. The van der Waals surface area contributed by atoms with Crippen LogP contribution in [0.1, 0.15) is 0 Å². The van der Waals surface area contributed by atoms with Crippen LogP contribution in [0.5, 0.6) is 0 Å². The zero-order chi connectivity index (χ0) is 10.4. The molecule has 1 aromatic rings. The number of primary amides is 1. The fourth-order valence-corrected chi connectivity index (χ4v) is 0.882. The Hall–Kier alpha value is -1.85. The number of carbonyl (C=O) groups is 1. The molecule has 1 heterocycles. The Bertz CT molecular complexity index is 318. The summed E-state index contributed by atoms with van der Waals surface area (Å²) in [5.41, 5.74) is 4.83. The standard InChI is InChI=1S/C8H11FN4O/c9-6-2-1-3-11-7(6)12-4-5-13-8(10)14/h1-3H,4-5H2,(H,11,12)(H3,10,13,14). The quantitative estimate of drug-likeness (QED) is 0.609. The molecular formula is C8H11FN4O. The molecule has 0 radical (unpaired) electrons. The van der Waals surface area contributed by atoms with Crippen LogP contribution in [-0.2, 0) is 0 Å². The second kappa shape index (κ2) is 5.00. The van der Waals surface area contributed by atoms with Gasteiger partial charge in [0.25, 0.3) is 0 Å². The lowest BCUT2D eigenvalue weighted by Gasteiger charge is -2.05. The summed E-state index contributed by atoms with van der Waals surface area (Å²) in [5.74, 6) is -0.259. The maximum Gasteiger partial charge on any atom is 0.312 e. The minimum absolute atomic E-state index is 0.166. The largest absolute Gasteiger partial charge is 0.366 e. The van der Waals surface area contributed by atoms with Crippen LogP contribution in [0.15, 0.2) is 18.3 Å². The Balaban J connectivity index is 2.31. The zero-order valence-corrected chi connectivity index (χ0v) is 7.46. The van der Waals surface area contributed by atoms with E-state index in [9.17, 15) is 9.18 Å². The molecule has 5 nitrogen and oxygen atoms in total. The number of rotatable bonds is 4. The van der Waals surface area contributed by atoms with Crippen molar-refractivity contribution in [2.75, 3.05) is 18.4 Å². The van der Waals surface area contributed by atoms with E-state index in [-0.39, 0.29) is 5.82 Å². The highest BCUT2D eigenvalue weighted by atomic mass is 19.1. The van der Waals surface area contributed by atoms with E-state index < -0.39 is 11.8 Å². The first-order valence-electron chi connectivity index (χ1n) is 4.08. The normalized spacial score (nSPS) is 9.50. The average Bonchev–Trinajstić information content (AvgIpc) is 2.15. The summed E-state index contributed by atoms with van der Waals surface area (Å²) >= 11 is 0. The van der Waals surface area contributed by atoms with Crippen molar-refractivity contribution < 1.29 is 9.18 Å². The lowest BCUT2D eigenvalue weighted by Crippen LogP contribution is -2.33. The van der Waals surface area contributed by atoms with E-state index in [0.717, 1.165) is 0 Å². The number of hydrogen-bond acceptors (Lipinski definition) is 3. The van der Waals surface area contributed by atoms with Gasteiger partial charge in [0.1, 0.15) is 0 Å². The number of pyridine rings is 1. The van der Waals surface area contributed by atoms with Gasteiger partial charge in [-0.3, -0.25) is 0 Å². The molecule has 6 heteroatoms. The molecule has 1 aromatic heterocycles. The number of anilines is 1. The fraction of sp³-hybridized carbons (Fsp3) is 0.250. The van der Waals surface area contributed by atoms with Gasteiger partial charge in [-0.05, 0) is 12.1 Å². The van der Waals surface area contributed by atoms with E-state index in [0.29, 0.717) is 13.1 Å². The second-order valence-corrected chi connectivity index (χ2v) is 2.55. The molecular weight excluding hydrogens is 187 g/mol. The summed E-state index contributed by atoms with van der Waals surface area (Å²) in [4.78, 5) is 14.0. The Morgan fingerprint density at radius 2 is 2.36 bits per heavy atom. The molecule has 0 saturated carbocycles. The third-order valence-electron chi connectivity index (χ3n) is 1.48. The van der Waals surface area contributed by atoms with E-state index in [1.54, 1.807) is 0 Å². The maximum atomic E-state index is 12.9. The van der Waals surface area contributed by atoms with Gasteiger partial charge < -0.3 is 16.4 Å². The molecule has 0 bridgehead atoms. The van der Waals surface area contributed by atoms with Gasteiger partial charge in [-0.25, -0.2) is 14.2 Å². The Morgan fingerprint density at radius 3 is 3.00 bits per heavy atom. The molecule has 2 amide bonds. The minimum Gasteiger partial charge on any atom is -0.366 e. The average molecular weight is 198 g/mol. The van der Waals surface area contributed by atoms with Crippen LogP contribution < -0.4 is 16.4 Å². The van der Waals surface area contributed by atoms with Crippen molar-refractivity contribution in [2.24, 2.45) is 5.73 Å². The number of halogens is 1. The Morgan fingerprint density at radius 1 is 1.57 bits per heavy atom. The molecule has 0 atom stereocenters. The van der Waals surface area contributed by atoms with Crippen molar-refractivity contribution in [1.29, 1.82) is 0 Å². The summed E-state index contributed by atoms with van der Waals surface area (Å²) in [6.07, 6.45) is 1.48. The molecule has 0 fully saturated rings. The van der Waals surface area contributed by atoms with Gasteiger partial charge in [-0.15, -0.1) is 0 Å². The monoisotopic (exact) mass is 198 g/mol. The van der Waals surface area contributed by atoms with E-state index >= 15 is 0 Å². The highest BCUT2D eigenvalue weighted by molar-refractivity contribution is 5.71. The third-order valence-corrected chi connectivity index (χ3v) is 1.48. The predicted molar refractivity (Wildman–Crippen MR) is 50.3 cm³/mol. The van der Waals surface area contributed by atoms with Gasteiger partial charge in [0.15, 0.2) is 11.6 Å². The highest BCUT2D eigenvalue weighted by Crippen LogP contribution is 2.06. The molecule has 0 unspecified atom stereocenters. The van der Waals surface area contributed by atoms with Crippen molar-refractivity contribution in [3.63, 3.8) is 0 Å². The van der Waals surface area contributed by atoms with Crippen LogP contribution in [0.25, 0.3) is 0 Å². The van der Waals surface area contributed by atoms with Crippen molar-refractivity contribution in [3.8, 4) is 0 Å². The Kier molecular flexibility index (Phi) is 3.66. The van der Waals surface area contributed by atoms with Gasteiger partial charge in [-0.1, -0.05) is 0 Å². The Labute approximate surface area is 80.5 Å². The number of aromatic nitrogens is 1. The van der Waals surface area contributed by atoms with Crippen molar-refractivity contribution in [1.82, 2.24) is 10.3 Å². The van der Waals surface area contributed by atoms with Gasteiger partial charge in [0.05, 0.1) is 0 Å². The predicted octanol–water partition coefficient (Wildman–Crippen LogP) is 0.301. The summed E-state index contributed by atoms with van der Waals surface area (Å²) in [5, 5.41) is 5.07. The van der Waals surface area contributed by atoms with E-state index in [4.69, 9.17) is 5.73 Å². The van der Waals surface area contributed by atoms with Gasteiger partial charge in [0, 0.05) is 19.3 Å². The lowest BCUT2D eigenvalue weighted by atomic mass is 10.4. The van der Waals surface area contributed by atoms with Crippen molar-refractivity contribution in [2.45, 2.75) is 0 Å². The molecule has 1 rings (SSSR count). The van der Waals surface area contributed by atoms with E-state index in [1.807, 2.05) is 0 Å². The number of nitrogens with one attached hydrogen (secondary N) is 2. The number of amides is 2. The van der Waals surface area contributed by atoms with Crippen LogP contribution in [0.3, 0.4) is 0 Å². The van der Waals surface area contributed by atoms with Crippen molar-refractivity contribution in [3.05, 3.63) is 24.1 Å². The summed E-state index contributed by atoms with van der Waals surface area (Å²) in [6.45, 7) is 0.697. The SMILES string of the molecule is NC(=O)NCCNc1ncccc1F. The summed E-state index contributed by atoms with van der Waals surface area (Å²) in [7, 11) is 0. The smallest absolute Gasteiger partial charge is 0.312 e. The van der Waals surface area contributed by atoms with Crippen LogP contribution in [0, 0.1) is 5.82 Å². The van der Waals surface area contributed by atoms with Crippen LogP contribution in [0.4, 0.5) is 15.0 Å². The lowest BCUT2D eigenvalue weighted by molar-refractivity contribution is 0.249. The summed E-state index contributed by atoms with van der Waals surface area (Å²) in [6, 6.07) is 2.20. The number of urea groups is 1. The van der Waals surface area contributed by atoms with E-state index in [2.05, 4.69) is 15.6 Å². The van der Waals surface area contributed by atoms with Gasteiger partial charge >= 0.3 is 6.03 Å². The van der Waals surface area contributed by atoms with Crippen LogP contribution in [-0.4, -0.2) is 24.1 Å². The minimum atomic E-state index is -0.603. The molecule has 0 aliphatic rings. The number of nitrogens with two attached hydrogens (primary N) is 1. The second-order valence-electron chi connectivity index (χ2n) is 2.55. The molecule has 14 heavy (non-hydrogen) atoms. The topological polar surface area (TPSA) is 80.0 Å². The first kappa shape index (κ1) is 10.2. The number of carbonyl (C=O) groups excluding carboxylic acids is 1. The molecule has 0 saturated heterocycles. The number of hydrogen-bond donors (Lipinski definition) is 3. The van der Waals surface area contributed by atoms with Crippen LogP contribution in [0.2, 0.25) is 0 Å². The third kappa shape index (κ3) is 3.26.